The molecule has 4 nitrogen and oxygen atoms in total. The minimum absolute atomic E-state index is 0.467. The van der Waals surface area contributed by atoms with E-state index in [0.29, 0.717) is 6.61 Å². The molecule has 0 unspecified atom stereocenters. The van der Waals surface area contributed by atoms with Crippen molar-refractivity contribution in [3.63, 3.8) is 0 Å². The van der Waals surface area contributed by atoms with Gasteiger partial charge in [0.25, 0.3) is 0 Å². The lowest BCUT2D eigenvalue weighted by Crippen LogP contribution is -2.02. The van der Waals surface area contributed by atoms with Crippen molar-refractivity contribution in [2.24, 2.45) is 5.16 Å². The molecule has 12 heavy (non-hydrogen) atoms. The molecule has 0 amide bonds. The van der Waals surface area contributed by atoms with Crippen LogP contribution in [-0.4, -0.2) is 24.4 Å². The van der Waals surface area contributed by atoms with Crippen molar-refractivity contribution >= 4 is 5.71 Å². The van der Waals surface area contributed by atoms with Crippen molar-refractivity contribution in [2.45, 2.75) is 0 Å². The number of aromatic nitrogens is 1. The highest BCUT2D eigenvalue weighted by atomic mass is 16.6. The van der Waals surface area contributed by atoms with Crippen LogP contribution >= 0.6 is 0 Å². The van der Waals surface area contributed by atoms with Crippen LogP contribution in [0.3, 0.4) is 0 Å². The number of rotatable bonds is 1. The fourth-order valence-corrected chi connectivity index (χ4v) is 1.14. The Labute approximate surface area is 69.8 Å². The highest BCUT2D eigenvalue weighted by Crippen LogP contribution is 2.23. The van der Waals surface area contributed by atoms with E-state index in [4.69, 9.17) is 4.74 Å². The van der Waals surface area contributed by atoms with Crippen LogP contribution in [-0.2, 0) is 4.84 Å². The first-order valence-electron chi connectivity index (χ1n) is 3.59. The second kappa shape index (κ2) is 2.81. The third kappa shape index (κ3) is 1.01. The van der Waals surface area contributed by atoms with E-state index < -0.39 is 0 Å². The van der Waals surface area contributed by atoms with Gasteiger partial charge >= 0.3 is 0 Å². The molecule has 0 bridgehead atoms. The van der Waals surface area contributed by atoms with Crippen molar-refractivity contribution in [1.82, 2.24) is 4.98 Å². The standard InChI is InChI=1S/C8H8N2O2/c1-11-10-7-5-12-8-4-9-3-2-6(7)8/h2-4H,5H2,1H3/b10-7+. The Hall–Kier alpha value is -1.58. The smallest absolute Gasteiger partial charge is 0.147 e. The maximum absolute atomic E-state index is 5.29. The number of pyridine rings is 1. The molecule has 0 saturated heterocycles. The lowest BCUT2D eigenvalue weighted by atomic mass is 10.2. The fourth-order valence-electron chi connectivity index (χ4n) is 1.14. The lowest BCUT2D eigenvalue weighted by molar-refractivity contribution is 0.211. The van der Waals surface area contributed by atoms with Crippen molar-refractivity contribution in [2.75, 3.05) is 13.7 Å². The van der Waals surface area contributed by atoms with E-state index in [1.165, 1.54) is 7.11 Å². The molecular weight excluding hydrogens is 156 g/mol. The monoisotopic (exact) mass is 164 g/mol. The van der Waals surface area contributed by atoms with Gasteiger partial charge in [0.05, 0.1) is 6.20 Å². The first-order valence-corrected chi connectivity index (χ1v) is 3.59. The predicted molar refractivity (Wildman–Crippen MR) is 43.3 cm³/mol. The Morgan fingerprint density at radius 2 is 2.58 bits per heavy atom. The van der Waals surface area contributed by atoms with Crippen LogP contribution in [0, 0.1) is 0 Å². The Morgan fingerprint density at radius 1 is 1.67 bits per heavy atom. The molecule has 0 fully saturated rings. The number of hydrogen-bond acceptors (Lipinski definition) is 4. The van der Waals surface area contributed by atoms with E-state index in [2.05, 4.69) is 15.0 Å². The highest BCUT2D eigenvalue weighted by molar-refractivity contribution is 6.05. The predicted octanol–water partition coefficient (Wildman–Crippen LogP) is 0.825. The summed E-state index contributed by atoms with van der Waals surface area (Å²) >= 11 is 0. The van der Waals surface area contributed by atoms with Gasteiger partial charge in [-0.25, -0.2) is 0 Å². The Morgan fingerprint density at radius 3 is 3.42 bits per heavy atom. The second-order valence-corrected chi connectivity index (χ2v) is 2.38. The van der Waals surface area contributed by atoms with Gasteiger partial charge in [0, 0.05) is 11.8 Å². The number of fused-ring (bicyclic) bond motifs is 1. The minimum Gasteiger partial charge on any atom is -0.485 e. The SMILES string of the molecule is CO/N=C1\COc2cnccc21. The molecule has 0 saturated carbocycles. The maximum Gasteiger partial charge on any atom is 0.147 e. The van der Waals surface area contributed by atoms with E-state index >= 15 is 0 Å². The Bertz CT molecular complexity index is 323. The third-order valence-corrected chi connectivity index (χ3v) is 1.66. The van der Waals surface area contributed by atoms with E-state index in [1.54, 1.807) is 12.4 Å². The van der Waals surface area contributed by atoms with Crippen LogP contribution in [0.4, 0.5) is 0 Å². The zero-order valence-electron chi connectivity index (χ0n) is 6.65. The molecule has 2 heterocycles. The first-order chi connectivity index (χ1) is 5.92. The lowest BCUT2D eigenvalue weighted by Gasteiger charge is -1.93. The summed E-state index contributed by atoms with van der Waals surface area (Å²) in [7, 11) is 1.52. The van der Waals surface area contributed by atoms with Crippen LogP contribution in [0.5, 0.6) is 5.75 Å². The molecule has 1 aromatic heterocycles. The van der Waals surface area contributed by atoms with Gasteiger partial charge < -0.3 is 9.57 Å². The summed E-state index contributed by atoms with van der Waals surface area (Å²) in [4.78, 5) is 8.60. The number of hydrogen-bond donors (Lipinski definition) is 0. The number of oxime groups is 1. The Balaban J connectivity index is 2.43. The zero-order valence-corrected chi connectivity index (χ0v) is 6.65. The molecule has 0 aromatic carbocycles. The molecule has 0 N–H and O–H groups in total. The average Bonchev–Trinajstić information content (AvgIpc) is 2.50. The molecule has 62 valence electrons. The van der Waals surface area contributed by atoms with Gasteiger partial charge in [-0.05, 0) is 6.07 Å². The summed E-state index contributed by atoms with van der Waals surface area (Å²) in [5.74, 6) is 0.772. The number of ether oxygens (including phenoxy) is 1. The normalized spacial score (nSPS) is 17.2. The third-order valence-electron chi connectivity index (χ3n) is 1.66. The van der Waals surface area contributed by atoms with Crippen molar-refractivity contribution in [3.05, 3.63) is 24.0 Å². The quantitative estimate of drug-likeness (QED) is 0.577. The average molecular weight is 164 g/mol. The van der Waals surface area contributed by atoms with Gasteiger partial charge in [0.2, 0.25) is 0 Å². The van der Waals surface area contributed by atoms with E-state index in [0.717, 1.165) is 17.0 Å². The summed E-state index contributed by atoms with van der Waals surface area (Å²) in [5.41, 5.74) is 1.78. The van der Waals surface area contributed by atoms with Gasteiger partial charge in [-0.2, -0.15) is 0 Å². The summed E-state index contributed by atoms with van der Waals surface area (Å²) in [6.07, 6.45) is 3.38. The fraction of sp³-hybridized carbons (Fsp3) is 0.250. The van der Waals surface area contributed by atoms with Crippen LogP contribution in [0.25, 0.3) is 0 Å². The Kier molecular flexibility index (Phi) is 1.66. The van der Waals surface area contributed by atoms with Crippen LogP contribution in [0.2, 0.25) is 0 Å². The van der Waals surface area contributed by atoms with Gasteiger partial charge in [0.1, 0.15) is 25.2 Å². The molecule has 0 aliphatic carbocycles. The molecule has 2 rings (SSSR count). The van der Waals surface area contributed by atoms with E-state index in [1.807, 2.05) is 6.07 Å². The van der Waals surface area contributed by atoms with Crippen molar-refractivity contribution in [3.8, 4) is 5.75 Å². The molecule has 0 atom stereocenters. The van der Waals surface area contributed by atoms with Gasteiger partial charge in [-0.15, -0.1) is 0 Å². The molecule has 1 aromatic rings. The molecular formula is C8H8N2O2. The number of nitrogens with zero attached hydrogens (tertiary/aromatic N) is 2. The van der Waals surface area contributed by atoms with E-state index in [-0.39, 0.29) is 0 Å². The second-order valence-electron chi connectivity index (χ2n) is 2.38. The molecule has 0 radical (unpaired) electrons. The van der Waals surface area contributed by atoms with Crippen molar-refractivity contribution < 1.29 is 9.57 Å². The van der Waals surface area contributed by atoms with Crippen LogP contribution in [0.1, 0.15) is 5.56 Å². The van der Waals surface area contributed by atoms with Gasteiger partial charge in [0.15, 0.2) is 0 Å². The molecule has 0 spiro atoms. The largest absolute Gasteiger partial charge is 0.485 e. The summed E-state index contributed by atoms with van der Waals surface area (Å²) in [6.45, 7) is 0.467. The topological polar surface area (TPSA) is 43.7 Å². The summed E-state index contributed by atoms with van der Waals surface area (Å²) in [6, 6.07) is 1.86. The molecule has 4 heteroatoms. The zero-order chi connectivity index (χ0) is 8.39. The highest BCUT2D eigenvalue weighted by Gasteiger charge is 2.19. The van der Waals surface area contributed by atoms with Crippen molar-refractivity contribution in [1.29, 1.82) is 0 Å². The van der Waals surface area contributed by atoms with Gasteiger partial charge in [-0.3, -0.25) is 4.98 Å². The summed E-state index contributed by atoms with van der Waals surface area (Å²) in [5, 5.41) is 3.83. The maximum atomic E-state index is 5.29. The van der Waals surface area contributed by atoms with Gasteiger partial charge in [-0.1, -0.05) is 5.16 Å². The van der Waals surface area contributed by atoms with E-state index in [9.17, 15) is 0 Å². The molecule has 1 aliphatic rings. The van der Waals surface area contributed by atoms with Crippen LogP contribution < -0.4 is 4.74 Å². The summed E-state index contributed by atoms with van der Waals surface area (Å²) < 4.78 is 5.29. The van der Waals surface area contributed by atoms with Crippen LogP contribution in [0.15, 0.2) is 23.6 Å². The molecule has 1 aliphatic heterocycles. The minimum atomic E-state index is 0.467. The first kappa shape index (κ1) is 7.09.